The minimum Gasteiger partial charge on any atom is -0.496 e. The van der Waals surface area contributed by atoms with Crippen LogP contribution in [0.2, 0.25) is 0 Å². The fraction of sp³-hybridized carbons (Fsp3) is 0.0476. The van der Waals surface area contributed by atoms with Gasteiger partial charge in [0.15, 0.2) is 5.58 Å². The molecule has 0 radical (unpaired) electrons. The van der Waals surface area contributed by atoms with Gasteiger partial charge in [-0.15, -0.1) is 0 Å². The Morgan fingerprint density at radius 3 is 2.63 bits per heavy atom. The summed E-state index contributed by atoms with van der Waals surface area (Å²) in [6.07, 6.45) is 0. The number of fused-ring (bicyclic) bond motifs is 1. The highest BCUT2D eigenvalue weighted by Crippen LogP contribution is 2.32. The number of aromatic nitrogens is 1. The largest absolute Gasteiger partial charge is 0.496 e. The molecule has 0 atom stereocenters. The van der Waals surface area contributed by atoms with Gasteiger partial charge in [0.05, 0.1) is 12.7 Å². The summed E-state index contributed by atoms with van der Waals surface area (Å²) in [7, 11) is 1.61. The molecule has 4 rings (SSSR count). The predicted octanol–water partition coefficient (Wildman–Crippen LogP) is 5.52. The van der Waals surface area contributed by atoms with E-state index in [0.29, 0.717) is 34.0 Å². The Hall–Kier alpha value is -3.12. The molecule has 0 saturated heterocycles. The fourth-order valence-electron chi connectivity index (χ4n) is 2.74. The van der Waals surface area contributed by atoms with E-state index in [0.717, 1.165) is 10.0 Å². The van der Waals surface area contributed by atoms with Crippen molar-refractivity contribution >= 4 is 38.6 Å². The lowest BCUT2D eigenvalue weighted by atomic mass is 10.2. The van der Waals surface area contributed by atoms with Crippen LogP contribution in [0.15, 0.2) is 75.6 Å². The number of para-hydroxylation sites is 1. The van der Waals surface area contributed by atoms with E-state index >= 15 is 0 Å². The molecule has 1 aromatic heterocycles. The summed E-state index contributed by atoms with van der Waals surface area (Å²) < 4.78 is 12.2. The van der Waals surface area contributed by atoms with Crippen molar-refractivity contribution in [1.29, 1.82) is 0 Å². The van der Waals surface area contributed by atoms with Crippen LogP contribution in [0.1, 0.15) is 10.4 Å². The van der Waals surface area contributed by atoms with Gasteiger partial charge >= 0.3 is 0 Å². The van der Waals surface area contributed by atoms with E-state index < -0.39 is 0 Å². The van der Waals surface area contributed by atoms with Gasteiger partial charge in [0.25, 0.3) is 5.91 Å². The number of carbonyl (C=O) groups excluding carboxylic acids is 1. The van der Waals surface area contributed by atoms with E-state index in [-0.39, 0.29) is 5.91 Å². The number of amides is 1. The van der Waals surface area contributed by atoms with Crippen LogP contribution in [-0.4, -0.2) is 18.0 Å². The molecule has 5 nitrogen and oxygen atoms in total. The zero-order valence-corrected chi connectivity index (χ0v) is 16.0. The number of benzene rings is 3. The van der Waals surface area contributed by atoms with Crippen LogP contribution >= 0.6 is 15.9 Å². The molecule has 0 fully saturated rings. The molecule has 6 heteroatoms. The first kappa shape index (κ1) is 17.3. The summed E-state index contributed by atoms with van der Waals surface area (Å²) in [5.74, 6) is 0.970. The minimum absolute atomic E-state index is 0.189. The molecule has 4 aromatic rings. The van der Waals surface area contributed by atoms with Gasteiger partial charge in [0, 0.05) is 21.8 Å². The van der Waals surface area contributed by atoms with Gasteiger partial charge < -0.3 is 14.5 Å². The number of halogens is 1. The van der Waals surface area contributed by atoms with Crippen LogP contribution < -0.4 is 10.1 Å². The number of nitrogens with zero attached hydrogens (tertiary/aromatic N) is 1. The van der Waals surface area contributed by atoms with Crippen molar-refractivity contribution in [3.8, 4) is 17.2 Å². The lowest BCUT2D eigenvalue weighted by Crippen LogP contribution is -2.11. The van der Waals surface area contributed by atoms with Crippen molar-refractivity contribution in [2.75, 3.05) is 12.4 Å². The minimum atomic E-state index is -0.189. The summed E-state index contributed by atoms with van der Waals surface area (Å²) in [5, 5.41) is 2.87. The number of hydrogen-bond acceptors (Lipinski definition) is 4. The van der Waals surface area contributed by atoms with Gasteiger partial charge in [-0.3, -0.25) is 4.79 Å². The first-order chi connectivity index (χ1) is 13.1. The molecule has 3 aromatic carbocycles. The topological polar surface area (TPSA) is 64.4 Å². The van der Waals surface area contributed by atoms with Crippen molar-refractivity contribution in [3.05, 3.63) is 76.8 Å². The number of ether oxygens (including phenoxy) is 1. The van der Waals surface area contributed by atoms with E-state index in [1.165, 1.54) is 0 Å². The molecule has 134 valence electrons. The molecule has 0 unspecified atom stereocenters. The highest BCUT2D eigenvalue weighted by Gasteiger charge is 2.14. The summed E-state index contributed by atoms with van der Waals surface area (Å²) >= 11 is 3.36. The van der Waals surface area contributed by atoms with E-state index in [4.69, 9.17) is 9.15 Å². The van der Waals surface area contributed by atoms with E-state index in [1.54, 1.807) is 31.4 Å². The smallest absolute Gasteiger partial charge is 0.255 e. The summed E-state index contributed by atoms with van der Waals surface area (Å²) in [6, 6.07) is 20.1. The number of hydrogen-bond donors (Lipinski definition) is 1. The van der Waals surface area contributed by atoms with Crippen molar-refractivity contribution in [2.45, 2.75) is 0 Å². The molecule has 1 heterocycles. The zero-order chi connectivity index (χ0) is 18.8. The summed E-state index contributed by atoms with van der Waals surface area (Å²) in [5.41, 5.74) is 3.28. The summed E-state index contributed by atoms with van der Waals surface area (Å²) in [4.78, 5) is 16.9. The van der Waals surface area contributed by atoms with E-state index in [1.807, 2.05) is 42.5 Å². The molecular weight excluding hydrogens is 408 g/mol. The average molecular weight is 423 g/mol. The quantitative estimate of drug-likeness (QED) is 0.470. The monoisotopic (exact) mass is 422 g/mol. The second-order valence-corrected chi connectivity index (χ2v) is 6.78. The fourth-order valence-corrected chi connectivity index (χ4v) is 3.01. The molecule has 0 aliphatic carbocycles. The lowest BCUT2D eigenvalue weighted by molar-refractivity contribution is 0.102. The van der Waals surface area contributed by atoms with Crippen LogP contribution in [0, 0.1) is 0 Å². The van der Waals surface area contributed by atoms with Gasteiger partial charge in [-0.25, -0.2) is 4.98 Å². The normalized spacial score (nSPS) is 10.7. The highest BCUT2D eigenvalue weighted by atomic mass is 79.9. The Kier molecular flexibility index (Phi) is 4.64. The third kappa shape index (κ3) is 3.57. The molecular formula is C21H15BrN2O3. The predicted molar refractivity (Wildman–Crippen MR) is 108 cm³/mol. The second kappa shape index (κ2) is 7.25. The molecule has 0 saturated carbocycles. The Morgan fingerprint density at radius 2 is 1.85 bits per heavy atom. The van der Waals surface area contributed by atoms with Crippen LogP contribution in [0.25, 0.3) is 22.6 Å². The van der Waals surface area contributed by atoms with Crippen LogP contribution in [0.5, 0.6) is 5.75 Å². The number of rotatable bonds is 4. The van der Waals surface area contributed by atoms with Gasteiger partial charge in [-0.1, -0.05) is 28.1 Å². The maximum atomic E-state index is 12.4. The van der Waals surface area contributed by atoms with Gasteiger partial charge in [-0.05, 0) is 48.5 Å². The number of nitrogens with one attached hydrogen (secondary N) is 1. The molecule has 0 bridgehead atoms. The third-order valence-corrected chi connectivity index (χ3v) is 4.62. The molecule has 1 amide bonds. The maximum absolute atomic E-state index is 12.4. The number of carbonyl (C=O) groups is 1. The first-order valence-electron chi connectivity index (χ1n) is 8.25. The van der Waals surface area contributed by atoms with E-state index in [9.17, 15) is 4.79 Å². The molecule has 0 aliphatic heterocycles. The second-order valence-electron chi connectivity index (χ2n) is 5.86. The number of anilines is 1. The molecule has 0 aliphatic rings. The standard InChI is InChI=1S/C21H15BrN2O3/c1-26-18-5-3-2-4-16(18)21-24-17-11-10-15(12-19(17)27-21)23-20(25)13-6-8-14(22)9-7-13/h2-12H,1H3,(H,23,25). The van der Waals surface area contributed by atoms with Gasteiger partial charge in [0.1, 0.15) is 11.3 Å². The van der Waals surface area contributed by atoms with E-state index in [2.05, 4.69) is 26.2 Å². The molecule has 1 N–H and O–H groups in total. The zero-order valence-electron chi connectivity index (χ0n) is 14.4. The van der Waals surface area contributed by atoms with Gasteiger partial charge in [0.2, 0.25) is 5.89 Å². The highest BCUT2D eigenvalue weighted by molar-refractivity contribution is 9.10. The van der Waals surface area contributed by atoms with Crippen LogP contribution in [0.3, 0.4) is 0 Å². The molecule has 27 heavy (non-hydrogen) atoms. The Morgan fingerprint density at radius 1 is 1.07 bits per heavy atom. The maximum Gasteiger partial charge on any atom is 0.255 e. The number of methoxy groups -OCH3 is 1. The summed E-state index contributed by atoms with van der Waals surface area (Å²) in [6.45, 7) is 0. The van der Waals surface area contributed by atoms with Crippen molar-refractivity contribution in [2.24, 2.45) is 0 Å². The Balaban J connectivity index is 1.63. The Bertz CT molecular complexity index is 1120. The van der Waals surface area contributed by atoms with Crippen molar-refractivity contribution in [1.82, 2.24) is 4.98 Å². The lowest BCUT2D eigenvalue weighted by Gasteiger charge is -2.05. The Labute approximate surface area is 164 Å². The van der Waals surface area contributed by atoms with Crippen LogP contribution in [0.4, 0.5) is 5.69 Å². The molecule has 0 spiro atoms. The third-order valence-electron chi connectivity index (χ3n) is 4.09. The SMILES string of the molecule is COc1ccccc1-c1nc2ccc(NC(=O)c3ccc(Br)cc3)cc2o1. The first-order valence-corrected chi connectivity index (χ1v) is 9.04. The van der Waals surface area contributed by atoms with Gasteiger partial charge in [-0.2, -0.15) is 0 Å². The van der Waals surface area contributed by atoms with Crippen LogP contribution in [-0.2, 0) is 0 Å². The van der Waals surface area contributed by atoms with Crippen molar-refractivity contribution in [3.63, 3.8) is 0 Å². The average Bonchev–Trinajstić information content (AvgIpc) is 3.11. The van der Waals surface area contributed by atoms with Crippen molar-refractivity contribution < 1.29 is 13.9 Å². The number of oxazole rings is 1.